The topological polar surface area (TPSA) is 55.4 Å². The molecule has 2 rings (SSSR count). The Labute approximate surface area is 146 Å². The minimum Gasteiger partial charge on any atom is -0.496 e. The van der Waals surface area contributed by atoms with Gasteiger partial charge in [0.25, 0.3) is 10.0 Å². The van der Waals surface area contributed by atoms with E-state index in [2.05, 4.69) is 20.7 Å². The van der Waals surface area contributed by atoms with Crippen molar-refractivity contribution in [2.24, 2.45) is 0 Å². The summed E-state index contributed by atoms with van der Waals surface area (Å²) in [7, 11) is -2.08. The van der Waals surface area contributed by atoms with E-state index in [0.717, 1.165) is 10.0 Å². The van der Waals surface area contributed by atoms with Crippen LogP contribution < -0.4 is 9.46 Å². The zero-order valence-electron chi connectivity index (χ0n) is 13.6. The third-order valence-electron chi connectivity index (χ3n) is 3.52. The highest BCUT2D eigenvalue weighted by Gasteiger charge is 2.21. The number of halogens is 1. The quantitative estimate of drug-likeness (QED) is 0.795. The standard InChI is InChI=1S/C17H20BrNO3S/c1-11(2)15-10-17(12(3)8-16(15)22-4)23(20,21)19-14-7-5-6-13(18)9-14/h5-11,19H,1-4H3. The average molecular weight is 398 g/mol. The minimum atomic E-state index is -3.67. The first kappa shape index (κ1) is 17.8. The lowest BCUT2D eigenvalue weighted by Gasteiger charge is -2.17. The molecule has 6 heteroatoms. The molecule has 0 saturated carbocycles. The Morgan fingerprint density at radius 1 is 1.17 bits per heavy atom. The van der Waals surface area contributed by atoms with Crippen molar-refractivity contribution in [2.75, 3.05) is 11.8 Å². The number of aryl methyl sites for hydroxylation is 1. The molecule has 0 atom stereocenters. The molecule has 0 aliphatic carbocycles. The third-order valence-corrected chi connectivity index (χ3v) is 5.53. The van der Waals surface area contributed by atoms with E-state index in [1.165, 1.54) is 0 Å². The van der Waals surface area contributed by atoms with Crippen molar-refractivity contribution in [2.45, 2.75) is 31.6 Å². The van der Waals surface area contributed by atoms with Gasteiger partial charge in [-0.3, -0.25) is 4.72 Å². The van der Waals surface area contributed by atoms with Crippen molar-refractivity contribution in [3.05, 3.63) is 52.0 Å². The Morgan fingerprint density at radius 2 is 1.87 bits per heavy atom. The van der Waals surface area contributed by atoms with Crippen LogP contribution in [0, 0.1) is 6.92 Å². The maximum atomic E-state index is 12.7. The molecular weight excluding hydrogens is 378 g/mol. The number of sulfonamides is 1. The number of rotatable bonds is 5. The van der Waals surface area contributed by atoms with Crippen LogP contribution in [0.15, 0.2) is 45.8 Å². The van der Waals surface area contributed by atoms with Crippen LogP contribution in [-0.4, -0.2) is 15.5 Å². The van der Waals surface area contributed by atoms with Gasteiger partial charge >= 0.3 is 0 Å². The van der Waals surface area contributed by atoms with Gasteiger partial charge < -0.3 is 4.74 Å². The van der Waals surface area contributed by atoms with Crippen LogP contribution >= 0.6 is 15.9 Å². The molecule has 124 valence electrons. The lowest BCUT2D eigenvalue weighted by molar-refractivity contribution is 0.406. The summed E-state index contributed by atoms with van der Waals surface area (Å²) in [5.41, 5.74) is 2.03. The van der Waals surface area contributed by atoms with Crippen molar-refractivity contribution < 1.29 is 13.2 Å². The van der Waals surface area contributed by atoms with E-state index >= 15 is 0 Å². The summed E-state index contributed by atoms with van der Waals surface area (Å²) in [4.78, 5) is 0.266. The largest absolute Gasteiger partial charge is 0.496 e. The minimum absolute atomic E-state index is 0.158. The molecule has 0 spiro atoms. The summed E-state index contributed by atoms with van der Waals surface area (Å²) in [6.45, 7) is 5.78. The van der Waals surface area contributed by atoms with Gasteiger partial charge in [0.05, 0.1) is 12.0 Å². The predicted octanol–water partition coefficient (Wildman–Crippen LogP) is 4.69. The normalized spacial score (nSPS) is 11.6. The number of hydrogen-bond donors (Lipinski definition) is 1. The second kappa shape index (κ2) is 6.93. The van der Waals surface area contributed by atoms with Gasteiger partial charge in [-0.05, 0) is 54.3 Å². The maximum absolute atomic E-state index is 12.7. The van der Waals surface area contributed by atoms with Crippen molar-refractivity contribution >= 4 is 31.6 Å². The van der Waals surface area contributed by atoms with Crippen molar-refractivity contribution in [3.63, 3.8) is 0 Å². The SMILES string of the molecule is COc1cc(C)c(S(=O)(=O)Nc2cccc(Br)c2)cc1C(C)C. The lowest BCUT2D eigenvalue weighted by atomic mass is 10.0. The molecule has 0 unspecified atom stereocenters. The van der Waals surface area contributed by atoms with Gasteiger partial charge in [-0.2, -0.15) is 0 Å². The van der Waals surface area contributed by atoms with Gasteiger partial charge in [0.1, 0.15) is 5.75 Å². The molecule has 1 N–H and O–H groups in total. The molecule has 0 aliphatic heterocycles. The predicted molar refractivity (Wildman–Crippen MR) is 96.8 cm³/mol. The highest BCUT2D eigenvalue weighted by molar-refractivity contribution is 9.10. The zero-order chi connectivity index (χ0) is 17.2. The summed E-state index contributed by atoms with van der Waals surface area (Å²) in [6.07, 6.45) is 0. The van der Waals surface area contributed by atoms with Gasteiger partial charge in [-0.1, -0.05) is 35.8 Å². The van der Waals surface area contributed by atoms with Crippen LogP contribution in [0.1, 0.15) is 30.9 Å². The maximum Gasteiger partial charge on any atom is 0.262 e. The molecule has 4 nitrogen and oxygen atoms in total. The van der Waals surface area contributed by atoms with Crippen LogP contribution in [0.4, 0.5) is 5.69 Å². The molecule has 0 radical (unpaired) electrons. The van der Waals surface area contributed by atoms with E-state index in [1.54, 1.807) is 44.4 Å². The Kier molecular flexibility index (Phi) is 5.37. The molecule has 2 aromatic rings. The smallest absolute Gasteiger partial charge is 0.262 e. The first-order valence-corrected chi connectivity index (χ1v) is 9.49. The average Bonchev–Trinajstić information content (AvgIpc) is 2.45. The Morgan fingerprint density at radius 3 is 2.43 bits per heavy atom. The molecule has 2 aromatic carbocycles. The number of ether oxygens (including phenoxy) is 1. The van der Waals surface area contributed by atoms with E-state index in [0.29, 0.717) is 17.0 Å². The first-order valence-electron chi connectivity index (χ1n) is 7.21. The van der Waals surface area contributed by atoms with Crippen LogP contribution in [-0.2, 0) is 10.0 Å². The molecule has 0 saturated heterocycles. The fourth-order valence-electron chi connectivity index (χ4n) is 2.36. The molecule has 0 heterocycles. The zero-order valence-corrected chi connectivity index (χ0v) is 16.0. The van der Waals surface area contributed by atoms with E-state index in [-0.39, 0.29) is 10.8 Å². The van der Waals surface area contributed by atoms with Crippen molar-refractivity contribution in [1.29, 1.82) is 0 Å². The molecular formula is C17H20BrNO3S. The first-order chi connectivity index (χ1) is 10.7. The lowest BCUT2D eigenvalue weighted by Crippen LogP contribution is -2.15. The number of benzene rings is 2. The number of nitrogens with one attached hydrogen (secondary N) is 1. The highest BCUT2D eigenvalue weighted by atomic mass is 79.9. The van der Waals surface area contributed by atoms with Crippen molar-refractivity contribution in [3.8, 4) is 5.75 Å². The Bertz CT molecular complexity index is 817. The molecule has 0 aromatic heterocycles. The fraction of sp³-hybridized carbons (Fsp3) is 0.294. The summed E-state index contributed by atoms with van der Waals surface area (Å²) in [6, 6.07) is 10.5. The van der Waals surface area contributed by atoms with Crippen molar-refractivity contribution in [1.82, 2.24) is 0 Å². The summed E-state index contributed by atoms with van der Waals surface area (Å²) >= 11 is 3.34. The summed E-state index contributed by atoms with van der Waals surface area (Å²) in [5, 5.41) is 0. The number of hydrogen-bond acceptors (Lipinski definition) is 3. The van der Waals surface area contributed by atoms with E-state index in [1.807, 2.05) is 19.9 Å². The monoisotopic (exact) mass is 397 g/mol. The molecule has 0 fully saturated rings. The third kappa shape index (κ3) is 4.06. The van der Waals surface area contributed by atoms with E-state index < -0.39 is 10.0 Å². The van der Waals surface area contributed by atoms with Gasteiger partial charge in [0.15, 0.2) is 0 Å². The molecule has 0 bridgehead atoms. The Hall–Kier alpha value is -1.53. The number of anilines is 1. The summed E-state index contributed by atoms with van der Waals surface area (Å²) in [5.74, 6) is 0.865. The van der Waals surface area contributed by atoms with E-state index in [4.69, 9.17) is 4.74 Å². The second-order valence-electron chi connectivity index (χ2n) is 5.63. The van der Waals surface area contributed by atoms with Crippen LogP contribution in [0.2, 0.25) is 0 Å². The summed E-state index contributed by atoms with van der Waals surface area (Å²) < 4.78 is 34.3. The molecule has 0 amide bonds. The Balaban J connectivity index is 2.49. The van der Waals surface area contributed by atoms with Crippen LogP contribution in [0.5, 0.6) is 5.75 Å². The van der Waals surface area contributed by atoms with Gasteiger partial charge in [0, 0.05) is 10.2 Å². The highest BCUT2D eigenvalue weighted by Crippen LogP contribution is 2.32. The molecule has 0 aliphatic rings. The van der Waals surface area contributed by atoms with Crippen LogP contribution in [0.25, 0.3) is 0 Å². The fourth-order valence-corrected chi connectivity index (χ4v) is 4.07. The van der Waals surface area contributed by atoms with Crippen LogP contribution in [0.3, 0.4) is 0 Å². The second-order valence-corrected chi connectivity index (χ2v) is 8.20. The number of methoxy groups -OCH3 is 1. The van der Waals surface area contributed by atoms with Gasteiger partial charge in [-0.15, -0.1) is 0 Å². The molecule has 23 heavy (non-hydrogen) atoms. The van der Waals surface area contributed by atoms with Gasteiger partial charge in [0.2, 0.25) is 0 Å². The van der Waals surface area contributed by atoms with E-state index in [9.17, 15) is 8.42 Å². The van der Waals surface area contributed by atoms with Gasteiger partial charge in [-0.25, -0.2) is 8.42 Å².